The van der Waals surface area contributed by atoms with E-state index in [0.717, 1.165) is 77.0 Å². The van der Waals surface area contributed by atoms with Crippen LogP contribution in [0, 0.1) is 11.8 Å². The van der Waals surface area contributed by atoms with Gasteiger partial charge in [-0.25, -0.2) is 0 Å². The number of carbonyl (C=O) groups is 2. The Bertz CT molecular complexity index is 394. The van der Waals surface area contributed by atoms with Crippen LogP contribution in [0.4, 0.5) is 0 Å². The third kappa shape index (κ3) is 8.96. The predicted molar refractivity (Wildman–Crippen MR) is 114 cm³/mol. The highest BCUT2D eigenvalue weighted by atomic mass is 16.6. The lowest BCUT2D eigenvalue weighted by Gasteiger charge is -2.31. The molecule has 0 aliphatic heterocycles. The molecule has 0 N–H and O–H groups in total. The van der Waals surface area contributed by atoms with E-state index < -0.39 is 0 Å². The molecule has 1 aliphatic carbocycles. The second-order valence-corrected chi connectivity index (χ2v) is 8.42. The Morgan fingerprint density at radius 1 is 0.714 bits per heavy atom. The molecule has 0 saturated heterocycles. The van der Waals surface area contributed by atoms with Crippen molar-refractivity contribution in [3.63, 3.8) is 0 Å². The molecule has 0 aromatic carbocycles. The van der Waals surface area contributed by atoms with Crippen LogP contribution in [0.25, 0.3) is 0 Å². The van der Waals surface area contributed by atoms with Gasteiger partial charge < -0.3 is 9.47 Å². The number of rotatable bonds is 14. The van der Waals surface area contributed by atoms with E-state index in [4.69, 9.17) is 9.47 Å². The Labute approximate surface area is 173 Å². The van der Waals surface area contributed by atoms with Gasteiger partial charge in [-0.15, -0.1) is 0 Å². The Hall–Kier alpha value is -1.06. The van der Waals surface area contributed by atoms with Crippen LogP contribution in [0.5, 0.6) is 0 Å². The average Bonchev–Trinajstić information content (AvgIpc) is 2.72. The van der Waals surface area contributed by atoms with Gasteiger partial charge in [-0.05, 0) is 51.4 Å². The maximum atomic E-state index is 12.9. The smallest absolute Gasteiger partial charge is 0.310 e. The zero-order chi connectivity index (χ0) is 20.8. The van der Waals surface area contributed by atoms with Crippen LogP contribution in [0.2, 0.25) is 0 Å². The van der Waals surface area contributed by atoms with Gasteiger partial charge in [0.25, 0.3) is 0 Å². The molecular formula is C24H44O4. The predicted octanol–water partition coefficient (Wildman–Crippen LogP) is 6.60. The summed E-state index contributed by atoms with van der Waals surface area (Å²) in [6.07, 6.45) is 13.8. The summed E-state index contributed by atoms with van der Waals surface area (Å²) in [4.78, 5) is 25.7. The number of hydrogen-bond donors (Lipinski definition) is 0. The molecule has 0 spiro atoms. The zero-order valence-corrected chi connectivity index (χ0v) is 18.8. The summed E-state index contributed by atoms with van der Waals surface area (Å²) in [7, 11) is 0. The normalized spacial score (nSPS) is 21.7. The van der Waals surface area contributed by atoms with E-state index in [-0.39, 0.29) is 36.0 Å². The quantitative estimate of drug-likeness (QED) is 0.245. The lowest BCUT2D eigenvalue weighted by molar-refractivity contribution is -0.169. The number of carbonyl (C=O) groups excluding carboxylic acids is 2. The van der Waals surface area contributed by atoms with E-state index in [1.165, 1.54) is 12.8 Å². The number of esters is 2. The molecule has 0 amide bonds. The molecule has 1 rings (SSSR count). The average molecular weight is 397 g/mol. The van der Waals surface area contributed by atoms with Gasteiger partial charge in [0.05, 0.1) is 11.8 Å². The SMILES string of the molecule is CCCCCC(CC)OC(=O)C1CCCCC1C(=O)OC(CC)CCCCC. The minimum Gasteiger partial charge on any atom is -0.462 e. The summed E-state index contributed by atoms with van der Waals surface area (Å²) in [6, 6.07) is 0. The molecule has 0 heterocycles. The van der Waals surface area contributed by atoms with Gasteiger partial charge in [-0.2, -0.15) is 0 Å². The molecule has 28 heavy (non-hydrogen) atoms. The molecule has 1 fully saturated rings. The Balaban J connectivity index is 2.62. The minimum absolute atomic E-state index is 0.0184. The van der Waals surface area contributed by atoms with Gasteiger partial charge in [0.1, 0.15) is 12.2 Å². The first-order valence-electron chi connectivity index (χ1n) is 12.0. The van der Waals surface area contributed by atoms with Crippen molar-refractivity contribution < 1.29 is 19.1 Å². The topological polar surface area (TPSA) is 52.6 Å². The van der Waals surface area contributed by atoms with Crippen molar-refractivity contribution in [1.29, 1.82) is 0 Å². The molecule has 164 valence electrons. The highest BCUT2D eigenvalue weighted by molar-refractivity contribution is 5.82. The van der Waals surface area contributed by atoms with Crippen LogP contribution in [0.3, 0.4) is 0 Å². The number of ether oxygens (including phenoxy) is 2. The Kier molecular flexibility index (Phi) is 13.3. The van der Waals surface area contributed by atoms with E-state index >= 15 is 0 Å². The number of unbranched alkanes of at least 4 members (excludes halogenated alkanes) is 4. The van der Waals surface area contributed by atoms with Crippen molar-refractivity contribution in [1.82, 2.24) is 0 Å². The van der Waals surface area contributed by atoms with Crippen molar-refractivity contribution in [2.45, 2.75) is 130 Å². The highest BCUT2D eigenvalue weighted by Gasteiger charge is 2.39. The first kappa shape index (κ1) is 25.0. The fourth-order valence-corrected chi connectivity index (χ4v) is 4.14. The van der Waals surface area contributed by atoms with Crippen LogP contribution >= 0.6 is 0 Å². The maximum Gasteiger partial charge on any atom is 0.310 e. The molecular weight excluding hydrogens is 352 g/mol. The second-order valence-electron chi connectivity index (χ2n) is 8.42. The molecule has 0 aromatic heterocycles. The molecule has 0 bridgehead atoms. The molecule has 1 aliphatic rings. The minimum atomic E-state index is -0.324. The highest BCUT2D eigenvalue weighted by Crippen LogP contribution is 2.33. The van der Waals surface area contributed by atoms with Gasteiger partial charge in [0, 0.05) is 0 Å². The van der Waals surface area contributed by atoms with E-state index in [0.29, 0.717) is 0 Å². The first-order valence-corrected chi connectivity index (χ1v) is 12.0. The molecule has 0 aromatic rings. The van der Waals surface area contributed by atoms with Crippen molar-refractivity contribution in [2.75, 3.05) is 0 Å². The summed E-state index contributed by atoms with van der Waals surface area (Å²) in [5.74, 6) is -1.00. The second kappa shape index (κ2) is 14.9. The number of hydrogen-bond acceptors (Lipinski definition) is 4. The zero-order valence-electron chi connectivity index (χ0n) is 18.8. The van der Waals surface area contributed by atoms with Gasteiger partial charge in [0.2, 0.25) is 0 Å². The summed E-state index contributed by atoms with van der Waals surface area (Å²) >= 11 is 0. The largest absolute Gasteiger partial charge is 0.462 e. The van der Waals surface area contributed by atoms with E-state index in [1.807, 2.05) is 0 Å². The first-order chi connectivity index (χ1) is 13.6. The molecule has 4 atom stereocenters. The van der Waals surface area contributed by atoms with Crippen molar-refractivity contribution in [3.8, 4) is 0 Å². The van der Waals surface area contributed by atoms with Crippen molar-refractivity contribution in [2.24, 2.45) is 11.8 Å². The van der Waals surface area contributed by atoms with Crippen LogP contribution < -0.4 is 0 Å². The lowest BCUT2D eigenvalue weighted by Crippen LogP contribution is -2.37. The molecule has 1 saturated carbocycles. The third-order valence-electron chi connectivity index (χ3n) is 6.11. The fraction of sp³-hybridized carbons (Fsp3) is 0.917. The van der Waals surface area contributed by atoms with Crippen molar-refractivity contribution >= 4 is 11.9 Å². The third-order valence-corrected chi connectivity index (χ3v) is 6.11. The monoisotopic (exact) mass is 396 g/mol. The van der Waals surface area contributed by atoms with Crippen LogP contribution in [0.1, 0.15) is 118 Å². The van der Waals surface area contributed by atoms with E-state index in [9.17, 15) is 9.59 Å². The van der Waals surface area contributed by atoms with Crippen molar-refractivity contribution in [3.05, 3.63) is 0 Å². The standard InChI is InChI=1S/C24H44O4/c1-5-9-11-15-19(7-3)27-23(25)21-17-13-14-18-22(21)24(26)28-20(8-4)16-12-10-6-2/h19-22H,5-18H2,1-4H3. The molecule has 4 unspecified atom stereocenters. The van der Waals surface area contributed by atoms with E-state index in [1.54, 1.807) is 0 Å². The summed E-state index contributed by atoms with van der Waals surface area (Å²) in [5.41, 5.74) is 0. The van der Waals surface area contributed by atoms with Gasteiger partial charge >= 0.3 is 11.9 Å². The van der Waals surface area contributed by atoms with Gasteiger partial charge in [-0.3, -0.25) is 9.59 Å². The van der Waals surface area contributed by atoms with Gasteiger partial charge in [0.15, 0.2) is 0 Å². The van der Waals surface area contributed by atoms with Gasteiger partial charge in [-0.1, -0.05) is 66.2 Å². The summed E-state index contributed by atoms with van der Waals surface area (Å²) < 4.78 is 11.7. The molecule has 0 radical (unpaired) electrons. The van der Waals surface area contributed by atoms with E-state index in [2.05, 4.69) is 27.7 Å². The molecule has 4 nitrogen and oxygen atoms in total. The fourth-order valence-electron chi connectivity index (χ4n) is 4.14. The lowest BCUT2D eigenvalue weighted by atomic mass is 9.79. The van der Waals surface area contributed by atoms with Crippen LogP contribution in [0.15, 0.2) is 0 Å². The molecule has 4 heteroatoms. The Morgan fingerprint density at radius 3 is 1.43 bits per heavy atom. The van der Waals surface area contributed by atoms with Crippen LogP contribution in [-0.2, 0) is 19.1 Å². The maximum absolute atomic E-state index is 12.9. The Morgan fingerprint density at radius 2 is 1.11 bits per heavy atom. The van der Waals surface area contributed by atoms with Crippen LogP contribution in [-0.4, -0.2) is 24.1 Å². The summed E-state index contributed by atoms with van der Waals surface area (Å²) in [5, 5.41) is 0. The summed E-state index contributed by atoms with van der Waals surface area (Å²) in [6.45, 7) is 8.49.